The fourth-order valence-electron chi connectivity index (χ4n) is 0.807. The minimum absolute atomic E-state index is 0.129. The van der Waals surface area contributed by atoms with E-state index in [9.17, 15) is 13.6 Å². The lowest BCUT2D eigenvalue weighted by Crippen LogP contribution is -2.39. The molecule has 3 nitrogen and oxygen atoms in total. The van der Waals surface area contributed by atoms with Crippen molar-refractivity contribution in [3.8, 4) is 0 Å². The van der Waals surface area contributed by atoms with E-state index in [1.807, 2.05) is 0 Å². The van der Waals surface area contributed by atoms with Gasteiger partial charge in [-0.15, -0.1) is 11.3 Å². The van der Waals surface area contributed by atoms with Gasteiger partial charge in [-0.05, 0) is 28.1 Å². The van der Waals surface area contributed by atoms with Crippen LogP contribution >= 0.6 is 27.3 Å². The van der Waals surface area contributed by atoms with Crippen LogP contribution in [0.4, 0.5) is 8.78 Å². The SMILES string of the molecule is N[C@@H](c1ccc(Br)s1)C(F)(F)C(=O)O. The van der Waals surface area contributed by atoms with E-state index < -0.39 is 17.9 Å². The summed E-state index contributed by atoms with van der Waals surface area (Å²) < 4.78 is 26.4. The van der Waals surface area contributed by atoms with E-state index >= 15 is 0 Å². The fourth-order valence-corrected chi connectivity index (χ4v) is 2.27. The molecule has 0 unspecified atom stereocenters. The average molecular weight is 286 g/mol. The fraction of sp³-hybridized carbons (Fsp3) is 0.286. The van der Waals surface area contributed by atoms with Crippen molar-refractivity contribution in [2.24, 2.45) is 5.73 Å². The Morgan fingerprint density at radius 1 is 1.64 bits per heavy atom. The predicted molar refractivity (Wildman–Crippen MR) is 51.5 cm³/mol. The van der Waals surface area contributed by atoms with Gasteiger partial charge in [-0.1, -0.05) is 0 Å². The zero-order chi connectivity index (χ0) is 10.9. The third-order valence-electron chi connectivity index (χ3n) is 1.58. The number of halogens is 3. The third-order valence-corrected chi connectivity index (χ3v) is 3.28. The van der Waals surface area contributed by atoms with Crippen LogP contribution in [-0.2, 0) is 4.79 Å². The minimum atomic E-state index is -3.94. The molecule has 0 aliphatic heterocycles. The topological polar surface area (TPSA) is 63.3 Å². The predicted octanol–water partition coefficient (Wildman–Crippen LogP) is 2.23. The molecule has 0 fully saturated rings. The molecule has 1 atom stereocenters. The molecule has 14 heavy (non-hydrogen) atoms. The van der Waals surface area contributed by atoms with Crippen LogP contribution in [0.15, 0.2) is 15.9 Å². The molecule has 3 N–H and O–H groups in total. The molecular formula is C7H6BrF2NO2S. The van der Waals surface area contributed by atoms with Crippen LogP contribution in [0.25, 0.3) is 0 Å². The first-order valence-electron chi connectivity index (χ1n) is 3.47. The highest BCUT2D eigenvalue weighted by molar-refractivity contribution is 9.11. The first kappa shape index (κ1) is 11.5. The van der Waals surface area contributed by atoms with Crippen molar-refractivity contribution < 1.29 is 18.7 Å². The van der Waals surface area contributed by atoms with Gasteiger partial charge < -0.3 is 10.8 Å². The van der Waals surface area contributed by atoms with Crippen molar-refractivity contribution in [1.29, 1.82) is 0 Å². The first-order valence-corrected chi connectivity index (χ1v) is 5.08. The second kappa shape index (κ2) is 3.92. The number of rotatable bonds is 3. The highest BCUT2D eigenvalue weighted by Gasteiger charge is 2.46. The van der Waals surface area contributed by atoms with E-state index in [1.54, 1.807) is 0 Å². The van der Waals surface area contributed by atoms with Gasteiger partial charge in [-0.25, -0.2) is 4.79 Å². The molecule has 0 aromatic carbocycles. The largest absolute Gasteiger partial charge is 0.477 e. The number of nitrogens with two attached hydrogens (primary N) is 1. The molecule has 0 saturated carbocycles. The lowest BCUT2D eigenvalue weighted by atomic mass is 10.1. The average Bonchev–Trinajstić information content (AvgIpc) is 2.50. The van der Waals surface area contributed by atoms with E-state index in [-0.39, 0.29) is 4.88 Å². The molecule has 0 spiro atoms. The highest BCUT2D eigenvalue weighted by Crippen LogP contribution is 2.35. The van der Waals surface area contributed by atoms with E-state index in [2.05, 4.69) is 15.9 Å². The molecule has 1 heterocycles. The Labute approximate surface area is 90.7 Å². The summed E-state index contributed by atoms with van der Waals surface area (Å²) in [7, 11) is 0. The molecule has 0 aliphatic rings. The molecule has 78 valence electrons. The summed E-state index contributed by atoms with van der Waals surface area (Å²) in [5.41, 5.74) is 5.15. The Morgan fingerprint density at radius 3 is 2.57 bits per heavy atom. The zero-order valence-electron chi connectivity index (χ0n) is 6.71. The zero-order valence-corrected chi connectivity index (χ0v) is 9.11. The Kier molecular flexibility index (Phi) is 3.23. The number of carbonyl (C=O) groups is 1. The second-order valence-electron chi connectivity index (χ2n) is 2.55. The molecule has 0 aliphatic carbocycles. The maximum Gasteiger partial charge on any atom is 0.376 e. The monoisotopic (exact) mass is 285 g/mol. The molecule has 1 rings (SSSR count). The van der Waals surface area contributed by atoms with Crippen LogP contribution in [0.5, 0.6) is 0 Å². The van der Waals surface area contributed by atoms with Gasteiger partial charge in [-0.2, -0.15) is 8.78 Å². The van der Waals surface area contributed by atoms with Crippen LogP contribution in [0.1, 0.15) is 10.9 Å². The standard InChI is InChI=1S/C7H6BrF2NO2S/c8-4-2-1-3(14-4)5(11)7(9,10)6(12)13/h1-2,5H,11H2,(H,12,13)/t5-/m0/s1. The highest BCUT2D eigenvalue weighted by atomic mass is 79.9. The normalized spacial score (nSPS) is 14.0. The number of carboxylic acids is 1. The third kappa shape index (κ3) is 2.10. The first-order chi connectivity index (χ1) is 6.35. The number of carboxylic acid groups (broad SMARTS) is 1. The van der Waals surface area contributed by atoms with Gasteiger partial charge in [0, 0.05) is 4.88 Å². The van der Waals surface area contributed by atoms with Gasteiger partial charge in [-0.3, -0.25) is 0 Å². The van der Waals surface area contributed by atoms with Gasteiger partial charge in [0.15, 0.2) is 0 Å². The Balaban J connectivity index is 2.95. The van der Waals surface area contributed by atoms with Crippen LogP contribution in [0.2, 0.25) is 0 Å². The maximum atomic E-state index is 12.9. The summed E-state index contributed by atoms with van der Waals surface area (Å²) in [6, 6.07) is 1.10. The summed E-state index contributed by atoms with van der Waals surface area (Å²) in [4.78, 5) is 10.3. The molecular weight excluding hydrogens is 280 g/mol. The molecule has 0 bridgehead atoms. The Hall–Kier alpha value is -0.530. The van der Waals surface area contributed by atoms with Crippen LogP contribution < -0.4 is 5.73 Å². The van der Waals surface area contributed by atoms with Crippen molar-refractivity contribution in [2.45, 2.75) is 12.0 Å². The van der Waals surface area contributed by atoms with E-state index in [0.29, 0.717) is 3.79 Å². The minimum Gasteiger partial charge on any atom is -0.477 e. The van der Waals surface area contributed by atoms with Gasteiger partial charge in [0.2, 0.25) is 0 Å². The number of hydrogen-bond acceptors (Lipinski definition) is 3. The molecule has 1 aromatic heterocycles. The van der Waals surface area contributed by atoms with Crippen molar-refractivity contribution in [2.75, 3.05) is 0 Å². The van der Waals surface area contributed by atoms with Crippen LogP contribution in [0, 0.1) is 0 Å². The van der Waals surface area contributed by atoms with Gasteiger partial charge in [0.25, 0.3) is 0 Å². The molecule has 1 aromatic rings. The Bertz CT molecular complexity index is 355. The summed E-state index contributed by atoms with van der Waals surface area (Å²) in [6.45, 7) is 0. The van der Waals surface area contributed by atoms with E-state index in [1.165, 1.54) is 12.1 Å². The molecule has 0 saturated heterocycles. The second-order valence-corrected chi connectivity index (χ2v) is 5.04. The summed E-state index contributed by atoms with van der Waals surface area (Å²) in [5.74, 6) is -6.15. The van der Waals surface area contributed by atoms with Gasteiger partial charge in [0.05, 0.1) is 3.79 Å². The molecule has 7 heteroatoms. The summed E-state index contributed by atoms with van der Waals surface area (Å²) >= 11 is 4.06. The lowest BCUT2D eigenvalue weighted by Gasteiger charge is -2.17. The Morgan fingerprint density at radius 2 is 2.21 bits per heavy atom. The smallest absolute Gasteiger partial charge is 0.376 e. The lowest BCUT2D eigenvalue weighted by molar-refractivity contribution is -0.168. The quantitative estimate of drug-likeness (QED) is 0.895. The van der Waals surface area contributed by atoms with Crippen molar-refractivity contribution in [3.63, 3.8) is 0 Å². The molecule has 0 amide bonds. The van der Waals surface area contributed by atoms with E-state index in [0.717, 1.165) is 11.3 Å². The summed E-state index contributed by atoms with van der Waals surface area (Å²) in [6.07, 6.45) is 0. The number of thiophene rings is 1. The van der Waals surface area contributed by atoms with Crippen molar-refractivity contribution >= 4 is 33.2 Å². The number of hydrogen-bond donors (Lipinski definition) is 2. The van der Waals surface area contributed by atoms with Gasteiger partial charge in [0.1, 0.15) is 6.04 Å². The maximum absolute atomic E-state index is 12.9. The number of alkyl halides is 2. The number of aliphatic carboxylic acids is 1. The summed E-state index contributed by atoms with van der Waals surface area (Å²) in [5, 5.41) is 8.24. The van der Waals surface area contributed by atoms with E-state index in [4.69, 9.17) is 10.8 Å². The molecule has 0 radical (unpaired) electrons. The van der Waals surface area contributed by atoms with Crippen molar-refractivity contribution in [3.05, 3.63) is 20.8 Å². The van der Waals surface area contributed by atoms with Gasteiger partial charge >= 0.3 is 11.9 Å². The van der Waals surface area contributed by atoms with Crippen molar-refractivity contribution in [1.82, 2.24) is 0 Å². The van der Waals surface area contributed by atoms with Crippen LogP contribution in [-0.4, -0.2) is 17.0 Å². The van der Waals surface area contributed by atoms with Crippen LogP contribution in [0.3, 0.4) is 0 Å².